The van der Waals surface area contributed by atoms with E-state index in [-0.39, 0.29) is 0 Å². The third-order valence-corrected chi connectivity index (χ3v) is 7.96. The molecule has 0 amide bonds. The molecular formula is C26H35Br2NO3. The molecule has 1 saturated carbocycles. The van der Waals surface area contributed by atoms with E-state index in [1.165, 1.54) is 49.7 Å². The molecule has 1 aliphatic carbocycles. The summed E-state index contributed by atoms with van der Waals surface area (Å²) in [5.41, 5.74) is 2.37. The van der Waals surface area contributed by atoms with Crippen molar-refractivity contribution in [1.29, 1.82) is 0 Å². The largest absolute Gasteiger partial charge is 0.493 e. The quantitative estimate of drug-likeness (QED) is 0.286. The van der Waals surface area contributed by atoms with Gasteiger partial charge in [-0.3, -0.25) is 4.90 Å². The van der Waals surface area contributed by atoms with Gasteiger partial charge in [-0.05, 0) is 48.7 Å². The van der Waals surface area contributed by atoms with E-state index in [2.05, 4.69) is 68.1 Å². The van der Waals surface area contributed by atoms with E-state index >= 15 is 0 Å². The Kier molecular flexibility index (Phi) is 10.4. The van der Waals surface area contributed by atoms with Crippen LogP contribution in [0.25, 0.3) is 0 Å². The average molecular weight is 569 g/mol. The van der Waals surface area contributed by atoms with Gasteiger partial charge in [0.25, 0.3) is 0 Å². The van der Waals surface area contributed by atoms with Gasteiger partial charge in [-0.15, -0.1) is 0 Å². The van der Waals surface area contributed by atoms with Crippen LogP contribution in [-0.2, 0) is 17.9 Å². The Morgan fingerprint density at radius 3 is 2.31 bits per heavy atom. The molecule has 0 saturated heterocycles. The Bertz CT molecular complexity index is 855. The molecule has 0 aromatic heterocycles. The second kappa shape index (κ2) is 13.0. The number of rotatable bonds is 11. The molecule has 6 heteroatoms. The highest BCUT2D eigenvalue weighted by Gasteiger charge is 2.23. The first-order valence-corrected chi connectivity index (χ1v) is 13.0. The van der Waals surface area contributed by atoms with Crippen LogP contribution in [0.2, 0.25) is 0 Å². The van der Waals surface area contributed by atoms with Crippen molar-refractivity contribution in [3.8, 4) is 11.5 Å². The standard InChI is InChI=1S/C26H35Br2NO3/c1-29(16-21-14-25(30-2)26(31-3)15-24(21)28)22(13-19-9-5-4-6-10-19)18-32-17-20-11-7-8-12-23(20)27/h7-8,11-12,14-15,19,22H,4-6,9-10,13,16-18H2,1-3H3. The maximum absolute atomic E-state index is 6.25. The summed E-state index contributed by atoms with van der Waals surface area (Å²) < 4.78 is 19.3. The number of halogens is 2. The Morgan fingerprint density at radius 2 is 1.62 bits per heavy atom. The van der Waals surface area contributed by atoms with Crippen LogP contribution in [0.15, 0.2) is 45.3 Å². The molecule has 0 bridgehead atoms. The van der Waals surface area contributed by atoms with Gasteiger partial charge >= 0.3 is 0 Å². The highest BCUT2D eigenvalue weighted by atomic mass is 79.9. The van der Waals surface area contributed by atoms with E-state index in [4.69, 9.17) is 14.2 Å². The van der Waals surface area contributed by atoms with Crippen LogP contribution in [0.5, 0.6) is 11.5 Å². The first-order chi connectivity index (χ1) is 15.5. The molecule has 0 N–H and O–H groups in total. The minimum absolute atomic E-state index is 0.362. The maximum Gasteiger partial charge on any atom is 0.161 e. The number of likely N-dealkylation sites (N-methyl/N-ethyl adjacent to an activating group) is 1. The van der Waals surface area contributed by atoms with Crippen molar-refractivity contribution in [3.05, 3.63) is 56.5 Å². The first-order valence-electron chi connectivity index (χ1n) is 11.4. The lowest BCUT2D eigenvalue weighted by atomic mass is 9.84. The number of hydrogen-bond donors (Lipinski definition) is 0. The lowest BCUT2D eigenvalue weighted by molar-refractivity contribution is 0.0438. The van der Waals surface area contributed by atoms with Gasteiger partial charge in [0.15, 0.2) is 11.5 Å². The minimum Gasteiger partial charge on any atom is -0.493 e. The predicted molar refractivity (Wildman–Crippen MR) is 137 cm³/mol. The molecular weight excluding hydrogens is 534 g/mol. The zero-order valence-electron chi connectivity index (χ0n) is 19.4. The molecule has 2 aromatic rings. The molecule has 0 radical (unpaired) electrons. The van der Waals surface area contributed by atoms with Gasteiger partial charge in [0, 0.05) is 21.5 Å². The lowest BCUT2D eigenvalue weighted by Crippen LogP contribution is -2.37. The Hall–Kier alpha value is -1.08. The lowest BCUT2D eigenvalue weighted by Gasteiger charge is -2.33. The highest BCUT2D eigenvalue weighted by molar-refractivity contribution is 9.10. The summed E-state index contributed by atoms with van der Waals surface area (Å²) in [6.45, 7) is 2.16. The van der Waals surface area contributed by atoms with Gasteiger partial charge in [-0.1, -0.05) is 82.2 Å². The second-order valence-corrected chi connectivity index (χ2v) is 10.4. The van der Waals surface area contributed by atoms with Gasteiger partial charge in [0.1, 0.15) is 0 Å². The van der Waals surface area contributed by atoms with Gasteiger partial charge < -0.3 is 14.2 Å². The fraction of sp³-hybridized carbons (Fsp3) is 0.538. The Balaban J connectivity index is 1.69. The number of ether oxygens (including phenoxy) is 3. The summed E-state index contributed by atoms with van der Waals surface area (Å²) in [6, 6.07) is 12.7. The zero-order valence-corrected chi connectivity index (χ0v) is 22.6. The summed E-state index contributed by atoms with van der Waals surface area (Å²) in [5.74, 6) is 2.28. The minimum atomic E-state index is 0.362. The highest BCUT2D eigenvalue weighted by Crippen LogP contribution is 2.35. The monoisotopic (exact) mass is 567 g/mol. The normalized spacial score (nSPS) is 15.7. The van der Waals surface area contributed by atoms with Crippen molar-refractivity contribution >= 4 is 31.9 Å². The van der Waals surface area contributed by atoms with Crippen molar-refractivity contribution < 1.29 is 14.2 Å². The van der Waals surface area contributed by atoms with Gasteiger partial charge in [-0.2, -0.15) is 0 Å². The summed E-state index contributed by atoms with van der Waals surface area (Å²) in [5, 5.41) is 0. The fourth-order valence-corrected chi connectivity index (χ4v) is 5.37. The smallest absolute Gasteiger partial charge is 0.161 e. The van der Waals surface area contributed by atoms with Crippen LogP contribution < -0.4 is 9.47 Å². The van der Waals surface area contributed by atoms with Crippen molar-refractivity contribution in [2.45, 2.75) is 57.7 Å². The van der Waals surface area contributed by atoms with Crippen LogP contribution in [0, 0.1) is 5.92 Å². The van der Waals surface area contributed by atoms with Crippen LogP contribution in [-0.4, -0.2) is 38.8 Å². The molecule has 1 unspecified atom stereocenters. The molecule has 32 heavy (non-hydrogen) atoms. The number of benzene rings is 2. The van der Waals surface area contributed by atoms with Crippen LogP contribution >= 0.6 is 31.9 Å². The average Bonchev–Trinajstić information content (AvgIpc) is 2.81. The van der Waals surface area contributed by atoms with Crippen molar-refractivity contribution in [3.63, 3.8) is 0 Å². The van der Waals surface area contributed by atoms with Gasteiger partial charge in [0.05, 0.1) is 27.4 Å². The Morgan fingerprint density at radius 1 is 0.938 bits per heavy atom. The van der Waals surface area contributed by atoms with E-state index in [9.17, 15) is 0 Å². The predicted octanol–water partition coefficient (Wildman–Crippen LogP) is 7.22. The molecule has 176 valence electrons. The number of hydrogen-bond acceptors (Lipinski definition) is 4. The van der Waals surface area contributed by atoms with Crippen molar-refractivity contribution in [1.82, 2.24) is 4.90 Å². The zero-order chi connectivity index (χ0) is 22.9. The summed E-state index contributed by atoms with van der Waals surface area (Å²) in [4.78, 5) is 2.43. The molecule has 0 aliphatic heterocycles. The molecule has 1 fully saturated rings. The third-order valence-electron chi connectivity index (χ3n) is 6.45. The summed E-state index contributed by atoms with van der Waals surface area (Å²) in [7, 11) is 5.55. The summed E-state index contributed by atoms with van der Waals surface area (Å²) >= 11 is 7.35. The van der Waals surface area contributed by atoms with Crippen LogP contribution in [0.4, 0.5) is 0 Å². The molecule has 0 spiro atoms. The number of nitrogens with zero attached hydrogens (tertiary/aromatic N) is 1. The van der Waals surface area contributed by atoms with E-state index in [1.807, 2.05) is 12.1 Å². The Labute approximate surface area is 209 Å². The van der Waals surface area contributed by atoms with Crippen molar-refractivity contribution in [2.24, 2.45) is 5.92 Å². The topological polar surface area (TPSA) is 30.9 Å². The van der Waals surface area contributed by atoms with E-state index in [0.717, 1.165) is 39.5 Å². The SMILES string of the molecule is COc1cc(Br)c(CN(C)C(COCc2ccccc2Br)CC2CCCCC2)cc1OC. The molecule has 3 rings (SSSR count). The number of methoxy groups -OCH3 is 2. The maximum atomic E-state index is 6.25. The van der Waals surface area contributed by atoms with E-state index in [0.29, 0.717) is 12.6 Å². The van der Waals surface area contributed by atoms with E-state index in [1.54, 1.807) is 14.2 Å². The van der Waals surface area contributed by atoms with Gasteiger partial charge in [-0.25, -0.2) is 0 Å². The molecule has 1 aliphatic rings. The molecule has 1 atom stereocenters. The first kappa shape index (κ1) is 25.5. The van der Waals surface area contributed by atoms with Crippen LogP contribution in [0.1, 0.15) is 49.7 Å². The van der Waals surface area contributed by atoms with Gasteiger partial charge in [0.2, 0.25) is 0 Å². The molecule has 2 aromatic carbocycles. The summed E-state index contributed by atoms with van der Waals surface area (Å²) in [6.07, 6.45) is 7.97. The third kappa shape index (κ3) is 7.21. The second-order valence-electron chi connectivity index (χ2n) is 8.71. The molecule has 4 nitrogen and oxygen atoms in total. The fourth-order valence-electron chi connectivity index (χ4n) is 4.52. The molecule has 0 heterocycles. The van der Waals surface area contributed by atoms with E-state index < -0.39 is 0 Å². The van der Waals surface area contributed by atoms with Crippen molar-refractivity contribution in [2.75, 3.05) is 27.9 Å². The van der Waals surface area contributed by atoms with Crippen LogP contribution in [0.3, 0.4) is 0 Å².